The Labute approximate surface area is 265 Å². The van der Waals surface area contributed by atoms with Gasteiger partial charge in [0.05, 0.1) is 24.5 Å². The van der Waals surface area contributed by atoms with Crippen molar-refractivity contribution in [3.05, 3.63) is 53.4 Å². The zero-order chi connectivity index (χ0) is 33.4. The summed E-state index contributed by atoms with van der Waals surface area (Å²) in [4.78, 5) is 29.5. The van der Waals surface area contributed by atoms with Crippen LogP contribution in [0, 0.1) is 23.4 Å². The molecular weight excluding hydrogens is 607 g/mol. The maximum atomic E-state index is 14.8. The van der Waals surface area contributed by atoms with Crippen LogP contribution in [0.4, 0.5) is 29.9 Å². The van der Waals surface area contributed by atoms with Gasteiger partial charge in [-0.15, -0.1) is 0 Å². The van der Waals surface area contributed by atoms with E-state index in [1.165, 1.54) is 0 Å². The Bertz CT molecular complexity index is 1520. The van der Waals surface area contributed by atoms with Gasteiger partial charge in [0.1, 0.15) is 17.0 Å². The molecule has 2 N–H and O–H groups in total. The molecular formula is C31H40F3N7O5. The number of ether oxygens (including phenoxy) is 2. The van der Waals surface area contributed by atoms with Crippen LogP contribution in [-0.4, -0.2) is 75.2 Å². The molecule has 2 aliphatic heterocycles. The van der Waals surface area contributed by atoms with Gasteiger partial charge in [-0.25, -0.2) is 27.9 Å². The second-order valence-corrected chi connectivity index (χ2v) is 13.4. The topological polar surface area (TPSA) is 139 Å². The predicted molar refractivity (Wildman–Crippen MR) is 161 cm³/mol. The molecule has 0 bridgehead atoms. The number of hydrogen-bond acceptors (Lipinski definition) is 11. The number of halogens is 3. The maximum absolute atomic E-state index is 14.8. The van der Waals surface area contributed by atoms with Crippen molar-refractivity contribution >= 4 is 18.1 Å². The zero-order valence-corrected chi connectivity index (χ0v) is 26.8. The van der Waals surface area contributed by atoms with E-state index in [0.29, 0.717) is 36.9 Å². The lowest BCUT2D eigenvalue weighted by atomic mass is 9.92. The van der Waals surface area contributed by atoms with Crippen LogP contribution in [0.5, 0.6) is 5.75 Å². The van der Waals surface area contributed by atoms with Crippen molar-refractivity contribution < 1.29 is 37.1 Å². The summed E-state index contributed by atoms with van der Waals surface area (Å²) in [5, 5.41) is 16.7. The minimum atomic E-state index is -1.29. The van der Waals surface area contributed by atoms with Crippen molar-refractivity contribution in [2.75, 3.05) is 36.0 Å². The minimum absolute atomic E-state index is 0.0703. The molecule has 0 unspecified atom stereocenters. The third kappa shape index (κ3) is 7.80. The molecule has 15 heteroatoms. The number of benzene rings is 1. The van der Waals surface area contributed by atoms with Crippen LogP contribution in [0.1, 0.15) is 71.7 Å². The van der Waals surface area contributed by atoms with E-state index in [2.05, 4.69) is 25.4 Å². The van der Waals surface area contributed by atoms with Gasteiger partial charge < -0.3 is 34.2 Å². The molecule has 250 valence electrons. The van der Waals surface area contributed by atoms with E-state index in [-0.39, 0.29) is 36.5 Å². The summed E-state index contributed by atoms with van der Waals surface area (Å²) in [5.41, 5.74) is -2.03. The van der Waals surface area contributed by atoms with E-state index in [1.807, 2.05) is 11.8 Å². The third-order valence-corrected chi connectivity index (χ3v) is 8.12. The SMILES string of the molecule is C[C@H](Oc1cnc(N2C[C@H](NC(=O)OC(C)(C)C)[C@@H](c3cc(F)c(F)cc3F)C2)nc1)C1CCN(c2nc(C(C)(C)O)no2)CC1. The van der Waals surface area contributed by atoms with Crippen LogP contribution in [0.2, 0.25) is 0 Å². The highest BCUT2D eigenvalue weighted by Crippen LogP contribution is 2.33. The summed E-state index contributed by atoms with van der Waals surface area (Å²) in [5.74, 6) is -2.87. The van der Waals surface area contributed by atoms with Gasteiger partial charge in [-0.1, -0.05) is 5.16 Å². The standard InChI is InChI=1S/C31H40F3N7O5/c1-17(18-7-9-40(10-8-18)28-38-26(39-46-28)31(5,6)43)44-19-13-35-27(36-14-19)41-15-21(20-11-23(33)24(34)12-22(20)32)25(16-41)37-29(42)45-30(2,3)4/h11-14,17-18,21,25,43H,7-10,15-16H2,1-6H3,(H,37,42)/t17-,21+,25-/m0/s1. The fraction of sp³-hybridized carbons (Fsp3) is 0.581. The van der Waals surface area contributed by atoms with Gasteiger partial charge in [-0.3, -0.25) is 0 Å². The quantitative estimate of drug-likeness (QED) is 0.330. The molecule has 0 saturated carbocycles. The first-order chi connectivity index (χ1) is 21.6. The van der Waals surface area contributed by atoms with E-state index in [0.717, 1.165) is 18.9 Å². The Morgan fingerprint density at radius 2 is 1.67 bits per heavy atom. The van der Waals surface area contributed by atoms with E-state index < -0.39 is 46.7 Å². The molecule has 1 aromatic carbocycles. The number of amides is 1. The number of rotatable bonds is 8. The summed E-state index contributed by atoms with van der Waals surface area (Å²) in [6.45, 7) is 12.0. The highest BCUT2D eigenvalue weighted by Gasteiger charge is 2.39. The summed E-state index contributed by atoms with van der Waals surface area (Å²) in [6.07, 6.45) is 3.89. The Morgan fingerprint density at radius 3 is 2.28 bits per heavy atom. The molecule has 2 aromatic heterocycles. The average Bonchev–Trinajstić information content (AvgIpc) is 3.63. The molecule has 12 nitrogen and oxygen atoms in total. The molecule has 0 radical (unpaired) electrons. The molecule has 46 heavy (non-hydrogen) atoms. The number of aliphatic hydroxyl groups is 1. The highest BCUT2D eigenvalue weighted by molar-refractivity contribution is 5.68. The lowest BCUT2D eigenvalue weighted by Gasteiger charge is -2.33. The number of aromatic nitrogens is 4. The number of alkyl carbamates (subject to hydrolysis) is 1. The number of nitrogens with one attached hydrogen (secondary N) is 1. The average molecular weight is 648 g/mol. The number of nitrogens with zero attached hydrogens (tertiary/aromatic N) is 6. The first kappa shape index (κ1) is 33.2. The fourth-order valence-corrected chi connectivity index (χ4v) is 5.71. The van der Waals surface area contributed by atoms with Crippen LogP contribution in [-0.2, 0) is 10.3 Å². The van der Waals surface area contributed by atoms with Crippen molar-refractivity contribution in [3.8, 4) is 5.75 Å². The number of piperidine rings is 1. The fourth-order valence-electron chi connectivity index (χ4n) is 5.71. The molecule has 2 fully saturated rings. The lowest BCUT2D eigenvalue weighted by Crippen LogP contribution is -2.43. The Kier molecular flexibility index (Phi) is 9.34. The second kappa shape index (κ2) is 12.9. The summed E-state index contributed by atoms with van der Waals surface area (Å²) in [6, 6.07) is 1.01. The summed E-state index contributed by atoms with van der Waals surface area (Å²) in [7, 11) is 0. The highest BCUT2D eigenvalue weighted by atomic mass is 19.2. The Hall–Kier alpha value is -4.14. The third-order valence-electron chi connectivity index (χ3n) is 8.12. The largest absolute Gasteiger partial charge is 0.487 e. The second-order valence-electron chi connectivity index (χ2n) is 13.4. The van der Waals surface area contributed by atoms with Gasteiger partial charge in [0, 0.05) is 38.2 Å². The first-order valence-corrected chi connectivity index (χ1v) is 15.3. The number of anilines is 2. The summed E-state index contributed by atoms with van der Waals surface area (Å²) < 4.78 is 59.5. The molecule has 2 saturated heterocycles. The van der Waals surface area contributed by atoms with Crippen molar-refractivity contribution in [1.29, 1.82) is 0 Å². The van der Waals surface area contributed by atoms with Gasteiger partial charge in [0.25, 0.3) is 0 Å². The van der Waals surface area contributed by atoms with Gasteiger partial charge in [-0.05, 0) is 71.9 Å². The molecule has 0 spiro atoms. The van der Waals surface area contributed by atoms with Gasteiger partial charge >= 0.3 is 12.1 Å². The van der Waals surface area contributed by atoms with Crippen LogP contribution in [0.15, 0.2) is 29.0 Å². The van der Waals surface area contributed by atoms with Crippen molar-refractivity contribution in [2.45, 2.75) is 83.6 Å². The van der Waals surface area contributed by atoms with Crippen LogP contribution < -0.4 is 19.9 Å². The van der Waals surface area contributed by atoms with Crippen LogP contribution >= 0.6 is 0 Å². The zero-order valence-electron chi connectivity index (χ0n) is 26.8. The van der Waals surface area contributed by atoms with E-state index >= 15 is 0 Å². The van der Waals surface area contributed by atoms with Gasteiger partial charge in [0.15, 0.2) is 17.4 Å². The van der Waals surface area contributed by atoms with Gasteiger partial charge in [0.2, 0.25) is 11.8 Å². The molecule has 3 aromatic rings. The van der Waals surface area contributed by atoms with Crippen LogP contribution in [0.25, 0.3) is 0 Å². The van der Waals surface area contributed by atoms with Crippen LogP contribution in [0.3, 0.4) is 0 Å². The molecule has 2 aliphatic rings. The Balaban J connectivity index is 1.21. The first-order valence-electron chi connectivity index (χ1n) is 15.3. The monoisotopic (exact) mass is 647 g/mol. The predicted octanol–water partition coefficient (Wildman–Crippen LogP) is 4.69. The number of hydrogen-bond donors (Lipinski definition) is 2. The minimum Gasteiger partial charge on any atom is -0.487 e. The van der Waals surface area contributed by atoms with E-state index in [4.69, 9.17) is 14.0 Å². The number of carbonyl (C=O) groups excluding carboxylic acids is 1. The smallest absolute Gasteiger partial charge is 0.407 e. The number of carbonyl (C=O) groups is 1. The molecule has 1 amide bonds. The van der Waals surface area contributed by atoms with Gasteiger partial charge in [-0.2, -0.15) is 4.98 Å². The normalized spacial score (nSPS) is 20.1. The molecule has 3 atom stereocenters. The molecule has 5 rings (SSSR count). The lowest BCUT2D eigenvalue weighted by molar-refractivity contribution is 0.0504. The van der Waals surface area contributed by atoms with Crippen molar-refractivity contribution in [1.82, 2.24) is 25.4 Å². The van der Waals surface area contributed by atoms with E-state index in [1.54, 1.807) is 51.9 Å². The Morgan fingerprint density at radius 1 is 1.02 bits per heavy atom. The van der Waals surface area contributed by atoms with Crippen molar-refractivity contribution in [2.24, 2.45) is 5.92 Å². The molecule has 0 aliphatic carbocycles. The maximum Gasteiger partial charge on any atom is 0.407 e. The molecule has 4 heterocycles. The van der Waals surface area contributed by atoms with Crippen molar-refractivity contribution in [3.63, 3.8) is 0 Å². The van der Waals surface area contributed by atoms with E-state index in [9.17, 15) is 23.1 Å². The summed E-state index contributed by atoms with van der Waals surface area (Å²) >= 11 is 0.